The predicted octanol–water partition coefficient (Wildman–Crippen LogP) is 3.57. The molecule has 0 radical (unpaired) electrons. The molecule has 2 aromatic heterocycles. The van der Waals surface area contributed by atoms with Crippen LogP contribution in [0.4, 0.5) is 10.1 Å². The molecule has 2 N–H and O–H groups in total. The number of aromatic amines is 1. The van der Waals surface area contributed by atoms with Crippen LogP contribution < -0.4 is 9.46 Å². The second-order valence-corrected chi connectivity index (χ2v) is 7.66. The summed E-state index contributed by atoms with van der Waals surface area (Å²) in [5, 5.41) is 7.73. The van der Waals surface area contributed by atoms with Crippen molar-refractivity contribution < 1.29 is 17.5 Å². The molecule has 0 atom stereocenters. The van der Waals surface area contributed by atoms with Crippen LogP contribution in [0.2, 0.25) is 0 Å². The highest BCUT2D eigenvalue weighted by atomic mass is 32.2. The topological polar surface area (TPSA) is 97.0 Å². The highest BCUT2D eigenvalue weighted by molar-refractivity contribution is 7.92. The first-order valence-electron chi connectivity index (χ1n) is 8.22. The Morgan fingerprint density at radius 3 is 2.61 bits per heavy atom. The first kappa shape index (κ1) is 17.9. The Morgan fingerprint density at radius 2 is 1.86 bits per heavy atom. The minimum absolute atomic E-state index is 0.248. The van der Waals surface area contributed by atoms with Crippen molar-refractivity contribution in [3.05, 3.63) is 66.7 Å². The number of nitrogens with one attached hydrogen (secondary N) is 2. The van der Waals surface area contributed by atoms with Crippen LogP contribution in [0.15, 0.2) is 65.8 Å². The first-order chi connectivity index (χ1) is 13.5. The van der Waals surface area contributed by atoms with Crippen LogP contribution in [-0.4, -0.2) is 30.7 Å². The Morgan fingerprint density at radius 1 is 1.07 bits per heavy atom. The van der Waals surface area contributed by atoms with Crippen LogP contribution in [-0.2, 0) is 10.0 Å². The van der Waals surface area contributed by atoms with Crippen molar-refractivity contribution in [2.75, 3.05) is 11.8 Å². The van der Waals surface area contributed by atoms with Crippen molar-refractivity contribution in [3.63, 3.8) is 0 Å². The van der Waals surface area contributed by atoms with E-state index in [9.17, 15) is 12.8 Å². The maximum atomic E-state index is 14.0. The van der Waals surface area contributed by atoms with Crippen molar-refractivity contribution >= 4 is 26.6 Å². The number of methoxy groups -OCH3 is 1. The largest absolute Gasteiger partial charge is 0.497 e. The molecule has 4 aromatic rings. The van der Waals surface area contributed by atoms with Gasteiger partial charge in [-0.2, -0.15) is 5.10 Å². The molecular weight excluding hydrogens is 383 g/mol. The first-order valence-corrected chi connectivity index (χ1v) is 9.70. The van der Waals surface area contributed by atoms with Gasteiger partial charge in [-0.3, -0.25) is 14.8 Å². The van der Waals surface area contributed by atoms with Gasteiger partial charge >= 0.3 is 0 Å². The fraction of sp³-hybridized carbons (Fsp3) is 0.0526. The van der Waals surface area contributed by atoms with Gasteiger partial charge in [0.2, 0.25) is 0 Å². The number of anilines is 1. The number of fused-ring (bicyclic) bond motifs is 1. The zero-order valence-electron chi connectivity index (χ0n) is 14.7. The number of pyridine rings is 1. The number of aromatic nitrogens is 3. The molecule has 0 saturated carbocycles. The number of H-pyrrole nitrogens is 1. The Hall–Kier alpha value is -3.46. The minimum Gasteiger partial charge on any atom is -0.497 e. The Kier molecular flexibility index (Phi) is 4.44. The van der Waals surface area contributed by atoms with E-state index in [0.29, 0.717) is 11.4 Å². The summed E-state index contributed by atoms with van der Waals surface area (Å²) >= 11 is 0. The standard InChI is InChI=1S/C19H15FN4O3S/c1-27-15-6-7-16(20)19(8-15)28(25,26)24-14-4-2-12(3-5-14)17-9-18-13(10-21-17)11-22-23-18/h2-11,24H,1H3,(H,22,23). The van der Waals surface area contributed by atoms with Crippen molar-refractivity contribution in [2.24, 2.45) is 0 Å². The molecule has 0 saturated heterocycles. The Labute approximate surface area is 160 Å². The van der Waals surface area contributed by atoms with Gasteiger partial charge < -0.3 is 4.74 Å². The third-order valence-electron chi connectivity index (χ3n) is 4.18. The molecule has 2 heterocycles. The molecule has 7 nitrogen and oxygen atoms in total. The highest BCUT2D eigenvalue weighted by Gasteiger charge is 2.20. The normalized spacial score (nSPS) is 11.5. The smallest absolute Gasteiger partial charge is 0.264 e. The third kappa shape index (κ3) is 3.39. The molecule has 0 spiro atoms. The van der Waals surface area contributed by atoms with Crippen molar-refractivity contribution in [1.82, 2.24) is 15.2 Å². The molecule has 2 aromatic carbocycles. The molecule has 4 rings (SSSR count). The van der Waals surface area contributed by atoms with Crippen LogP contribution in [0.25, 0.3) is 22.2 Å². The van der Waals surface area contributed by atoms with E-state index in [1.54, 1.807) is 36.7 Å². The van der Waals surface area contributed by atoms with Gasteiger partial charge in [0, 0.05) is 28.9 Å². The van der Waals surface area contributed by atoms with Crippen molar-refractivity contribution in [1.29, 1.82) is 0 Å². The van der Waals surface area contributed by atoms with Crippen LogP contribution in [0.1, 0.15) is 0 Å². The fourth-order valence-electron chi connectivity index (χ4n) is 2.73. The summed E-state index contributed by atoms with van der Waals surface area (Å²) in [6.45, 7) is 0. The molecule has 0 amide bonds. The van der Waals surface area contributed by atoms with Gasteiger partial charge in [-0.05, 0) is 30.3 Å². The van der Waals surface area contributed by atoms with Crippen molar-refractivity contribution in [3.8, 4) is 17.0 Å². The zero-order valence-corrected chi connectivity index (χ0v) is 15.5. The van der Waals surface area contributed by atoms with E-state index in [4.69, 9.17) is 4.74 Å². The molecule has 9 heteroatoms. The van der Waals surface area contributed by atoms with E-state index < -0.39 is 20.7 Å². The summed E-state index contributed by atoms with van der Waals surface area (Å²) < 4.78 is 46.4. The third-order valence-corrected chi connectivity index (χ3v) is 5.58. The fourth-order valence-corrected chi connectivity index (χ4v) is 3.88. The molecule has 28 heavy (non-hydrogen) atoms. The van der Waals surface area contributed by atoms with Gasteiger partial charge in [-0.15, -0.1) is 0 Å². The summed E-state index contributed by atoms with van der Waals surface area (Å²) in [5.41, 5.74) is 2.66. The second-order valence-electron chi connectivity index (χ2n) is 6.01. The summed E-state index contributed by atoms with van der Waals surface area (Å²) in [6.07, 6.45) is 3.39. The lowest BCUT2D eigenvalue weighted by Gasteiger charge is -2.11. The van der Waals surface area contributed by atoms with Gasteiger partial charge in [-0.25, -0.2) is 12.8 Å². The monoisotopic (exact) mass is 398 g/mol. The number of hydrogen-bond donors (Lipinski definition) is 2. The summed E-state index contributed by atoms with van der Waals surface area (Å²) in [5.74, 6) is -0.612. The van der Waals surface area contributed by atoms with Crippen LogP contribution in [0.3, 0.4) is 0 Å². The van der Waals surface area contributed by atoms with E-state index in [0.717, 1.165) is 28.6 Å². The summed E-state index contributed by atoms with van der Waals surface area (Å²) in [4.78, 5) is 3.89. The molecule has 0 aliphatic carbocycles. The maximum absolute atomic E-state index is 14.0. The van der Waals surface area contributed by atoms with E-state index in [1.165, 1.54) is 13.2 Å². The van der Waals surface area contributed by atoms with Gasteiger partial charge in [0.25, 0.3) is 10.0 Å². The van der Waals surface area contributed by atoms with Gasteiger partial charge in [-0.1, -0.05) is 12.1 Å². The van der Waals surface area contributed by atoms with Crippen LogP contribution >= 0.6 is 0 Å². The van der Waals surface area contributed by atoms with Gasteiger partial charge in [0.15, 0.2) is 0 Å². The molecule has 0 fully saturated rings. The lowest BCUT2D eigenvalue weighted by molar-refractivity contribution is 0.411. The SMILES string of the molecule is COc1ccc(F)c(S(=O)(=O)Nc2ccc(-c3cc4[nH]ncc4cn3)cc2)c1. The Balaban J connectivity index is 1.60. The van der Waals surface area contributed by atoms with Gasteiger partial charge in [0.1, 0.15) is 16.5 Å². The van der Waals surface area contributed by atoms with E-state index in [2.05, 4.69) is 19.9 Å². The van der Waals surface area contributed by atoms with Crippen molar-refractivity contribution in [2.45, 2.75) is 4.90 Å². The van der Waals surface area contributed by atoms with Crippen LogP contribution in [0.5, 0.6) is 5.75 Å². The molecule has 0 aliphatic heterocycles. The number of halogens is 1. The molecule has 0 bridgehead atoms. The number of sulfonamides is 1. The lowest BCUT2D eigenvalue weighted by atomic mass is 10.1. The number of benzene rings is 2. The number of ether oxygens (including phenoxy) is 1. The van der Waals surface area contributed by atoms with Gasteiger partial charge in [0.05, 0.1) is 24.5 Å². The van der Waals surface area contributed by atoms with Crippen LogP contribution in [0, 0.1) is 5.82 Å². The average molecular weight is 398 g/mol. The maximum Gasteiger partial charge on any atom is 0.264 e. The van der Waals surface area contributed by atoms with E-state index in [1.807, 2.05) is 6.07 Å². The molecule has 0 unspecified atom stereocenters. The molecule has 0 aliphatic rings. The second kappa shape index (κ2) is 6.93. The zero-order chi connectivity index (χ0) is 19.7. The van der Waals surface area contributed by atoms with E-state index in [-0.39, 0.29) is 5.75 Å². The average Bonchev–Trinajstić information content (AvgIpc) is 3.16. The predicted molar refractivity (Wildman–Crippen MR) is 103 cm³/mol. The molecular formula is C19H15FN4O3S. The number of nitrogens with zero attached hydrogens (tertiary/aromatic N) is 2. The highest BCUT2D eigenvalue weighted by Crippen LogP contribution is 2.26. The molecule has 142 valence electrons. The number of hydrogen-bond acceptors (Lipinski definition) is 5. The minimum atomic E-state index is -4.11. The van der Waals surface area contributed by atoms with E-state index >= 15 is 0 Å². The summed E-state index contributed by atoms with van der Waals surface area (Å²) in [6, 6.07) is 12.0. The summed E-state index contributed by atoms with van der Waals surface area (Å²) in [7, 11) is -2.73. The quantitative estimate of drug-likeness (QED) is 0.536. The number of rotatable bonds is 5. The lowest BCUT2D eigenvalue weighted by Crippen LogP contribution is -2.14. The Bertz CT molecular complexity index is 1250.